The number of hydrogen-bond donors (Lipinski definition) is 1. The summed E-state index contributed by atoms with van der Waals surface area (Å²) in [6.45, 7) is 2.95. The van der Waals surface area contributed by atoms with Gasteiger partial charge in [0.25, 0.3) is 5.91 Å². The minimum absolute atomic E-state index is 0.194. The summed E-state index contributed by atoms with van der Waals surface area (Å²) in [5, 5.41) is 5.83. The zero-order chi connectivity index (χ0) is 15.6. The standard InChI is InChI=1S/C20H24N2O/c23-20(18-8-3-6-15-5-1-2-7-17(15)18)22-13-10-16(11-14-22)19-9-4-12-21-19/h1-3,5-8,16,19,21H,4,9-14H2. The molecule has 1 N–H and O–H groups in total. The molecule has 0 radical (unpaired) electrons. The van der Waals surface area contributed by atoms with E-state index in [-0.39, 0.29) is 5.91 Å². The summed E-state index contributed by atoms with van der Waals surface area (Å²) in [7, 11) is 0. The summed E-state index contributed by atoms with van der Waals surface area (Å²) in [6, 6.07) is 14.9. The van der Waals surface area contributed by atoms with Gasteiger partial charge in [0.1, 0.15) is 0 Å². The zero-order valence-electron chi connectivity index (χ0n) is 13.5. The van der Waals surface area contributed by atoms with E-state index in [0.717, 1.165) is 48.2 Å². The Morgan fingerprint density at radius 2 is 1.78 bits per heavy atom. The molecule has 4 rings (SSSR count). The molecule has 120 valence electrons. The number of carbonyl (C=O) groups excluding carboxylic acids is 1. The van der Waals surface area contributed by atoms with Crippen LogP contribution in [-0.2, 0) is 0 Å². The van der Waals surface area contributed by atoms with E-state index in [2.05, 4.69) is 23.5 Å². The topological polar surface area (TPSA) is 32.3 Å². The number of carbonyl (C=O) groups is 1. The van der Waals surface area contributed by atoms with Crippen molar-refractivity contribution < 1.29 is 4.79 Å². The Hall–Kier alpha value is -1.87. The number of benzene rings is 2. The van der Waals surface area contributed by atoms with E-state index in [4.69, 9.17) is 0 Å². The molecule has 3 nitrogen and oxygen atoms in total. The minimum Gasteiger partial charge on any atom is -0.339 e. The van der Waals surface area contributed by atoms with Crippen LogP contribution in [0.15, 0.2) is 42.5 Å². The molecule has 0 saturated carbocycles. The van der Waals surface area contributed by atoms with Crippen LogP contribution in [0.1, 0.15) is 36.0 Å². The van der Waals surface area contributed by atoms with Crippen molar-refractivity contribution in [3.8, 4) is 0 Å². The van der Waals surface area contributed by atoms with Crippen molar-refractivity contribution >= 4 is 16.7 Å². The van der Waals surface area contributed by atoms with Gasteiger partial charge in [0.15, 0.2) is 0 Å². The van der Waals surface area contributed by atoms with Crippen LogP contribution >= 0.6 is 0 Å². The van der Waals surface area contributed by atoms with Gasteiger partial charge in [-0.15, -0.1) is 0 Å². The van der Waals surface area contributed by atoms with Crippen molar-refractivity contribution in [2.24, 2.45) is 5.92 Å². The third-order valence-corrected chi connectivity index (χ3v) is 5.51. The largest absolute Gasteiger partial charge is 0.339 e. The quantitative estimate of drug-likeness (QED) is 0.921. The van der Waals surface area contributed by atoms with Gasteiger partial charge >= 0.3 is 0 Å². The Bertz CT molecular complexity index is 692. The van der Waals surface area contributed by atoms with Crippen LogP contribution in [0.4, 0.5) is 0 Å². The van der Waals surface area contributed by atoms with Gasteiger partial charge in [-0.2, -0.15) is 0 Å². The van der Waals surface area contributed by atoms with Crippen LogP contribution in [0.25, 0.3) is 10.8 Å². The summed E-state index contributed by atoms with van der Waals surface area (Å²) in [5.41, 5.74) is 0.848. The highest BCUT2D eigenvalue weighted by molar-refractivity contribution is 6.07. The lowest BCUT2D eigenvalue weighted by Gasteiger charge is -2.35. The molecule has 2 aromatic rings. The van der Waals surface area contributed by atoms with Gasteiger partial charge in [-0.3, -0.25) is 4.79 Å². The molecule has 2 aromatic carbocycles. The number of rotatable bonds is 2. The highest BCUT2D eigenvalue weighted by atomic mass is 16.2. The van der Waals surface area contributed by atoms with E-state index in [0.29, 0.717) is 6.04 Å². The van der Waals surface area contributed by atoms with Crippen LogP contribution in [-0.4, -0.2) is 36.5 Å². The molecule has 2 fully saturated rings. The van der Waals surface area contributed by atoms with Crippen LogP contribution in [0.2, 0.25) is 0 Å². The Balaban J connectivity index is 1.49. The maximum Gasteiger partial charge on any atom is 0.254 e. The van der Waals surface area contributed by atoms with E-state index < -0.39 is 0 Å². The monoisotopic (exact) mass is 308 g/mol. The van der Waals surface area contributed by atoms with E-state index in [1.807, 2.05) is 29.2 Å². The van der Waals surface area contributed by atoms with Crippen molar-refractivity contribution in [3.63, 3.8) is 0 Å². The molecule has 2 saturated heterocycles. The minimum atomic E-state index is 0.194. The number of nitrogens with one attached hydrogen (secondary N) is 1. The lowest BCUT2D eigenvalue weighted by atomic mass is 9.88. The van der Waals surface area contributed by atoms with Crippen LogP contribution in [0.3, 0.4) is 0 Å². The highest BCUT2D eigenvalue weighted by Crippen LogP contribution is 2.27. The van der Waals surface area contributed by atoms with Gasteiger partial charge < -0.3 is 10.2 Å². The summed E-state index contributed by atoms with van der Waals surface area (Å²) >= 11 is 0. The third kappa shape index (κ3) is 2.86. The van der Waals surface area contributed by atoms with Crippen molar-refractivity contribution in [3.05, 3.63) is 48.0 Å². The molecular weight excluding hydrogens is 284 g/mol. The van der Waals surface area contributed by atoms with Gasteiger partial charge in [0, 0.05) is 24.7 Å². The maximum atomic E-state index is 13.0. The van der Waals surface area contributed by atoms with E-state index in [1.54, 1.807) is 0 Å². The molecule has 0 aliphatic carbocycles. The van der Waals surface area contributed by atoms with Gasteiger partial charge in [0.05, 0.1) is 0 Å². The van der Waals surface area contributed by atoms with Crippen molar-refractivity contribution in [1.29, 1.82) is 0 Å². The Labute approximate surface area is 137 Å². The fraction of sp³-hybridized carbons (Fsp3) is 0.450. The Kier molecular flexibility index (Phi) is 4.04. The molecular formula is C20H24N2O. The average Bonchev–Trinajstić information content (AvgIpc) is 3.15. The highest BCUT2D eigenvalue weighted by Gasteiger charge is 2.30. The Morgan fingerprint density at radius 3 is 2.57 bits per heavy atom. The second-order valence-corrected chi connectivity index (χ2v) is 6.86. The number of hydrogen-bond acceptors (Lipinski definition) is 2. The maximum absolute atomic E-state index is 13.0. The SMILES string of the molecule is O=C(c1cccc2ccccc12)N1CCC(C2CCCN2)CC1. The smallest absolute Gasteiger partial charge is 0.254 e. The summed E-state index contributed by atoms with van der Waals surface area (Å²) in [4.78, 5) is 15.0. The van der Waals surface area contributed by atoms with Crippen LogP contribution in [0, 0.1) is 5.92 Å². The second kappa shape index (κ2) is 6.32. The summed E-state index contributed by atoms with van der Waals surface area (Å²) < 4.78 is 0. The molecule has 2 heterocycles. The van der Waals surface area contributed by atoms with Crippen LogP contribution < -0.4 is 5.32 Å². The average molecular weight is 308 g/mol. The molecule has 23 heavy (non-hydrogen) atoms. The number of likely N-dealkylation sites (tertiary alicyclic amines) is 1. The van der Waals surface area contributed by atoms with E-state index in [1.165, 1.54) is 19.4 Å². The van der Waals surface area contributed by atoms with E-state index in [9.17, 15) is 4.79 Å². The van der Waals surface area contributed by atoms with Gasteiger partial charge in [-0.1, -0.05) is 36.4 Å². The third-order valence-electron chi connectivity index (χ3n) is 5.51. The van der Waals surface area contributed by atoms with Crippen LogP contribution in [0.5, 0.6) is 0 Å². The van der Waals surface area contributed by atoms with Gasteiger partial charge in [0.2, 0.25) is 0 Å². The van der Waals surface area contributed by atoms with Crippen molar-refractivity contribution in [2.45, 2.75) is 31.7 Å². The molecule has 0 spiro atoms. The predicted molar refractivity (Wildman–Crippen MR) is 93.6 cm³/mol. The molecule has 0 bridgehead atoms. The summed E-state index contributed by atoms with van der Waals surface area (Å²) in [6.07, 6.45) is 4.88. The second-order valence-electron chi connectivity index (χ2n) is 6.86. The first kappa shape index (κ1) is 14.7. The lowest BCUT2D eigenvalue weighted by molar-refractivity contribution is 0.0676. The number of piperidine rings is 1. The molecule has 1 amide bonds. The lowest BCUT2D eigenvalue weighted by Crippen LogP contribution is -2.43. The predicted octanol–water partition coefficient (Wildman–Crippen LogP) is 3.44. The first-order valence-corrected chi connectivity index (χ1v) is 8.83. The number of fused-ring (bicyclic) bond motifs is 1. The zero-order valence-corrected chi connectivity index (χ0v) is 13.5. The normalized spacial score (nSPS) is 22.6. The fourth-order valence-corrected chi connectivity index (χ4v) is 4.20. The molecule has 2 aliphatic heterocycles. The fourth-order valence-electron chi connectivity index (χ4n) is 4.20. The number of nitrogens with zero attached hydrogens (tertiary/aromatic N) is 1. The molecule has 0 aromatic heterocycles. The Morgan fingerprint density at radius 1 is 1.00 bits per heavy atom. The number of amides is 1. The molecule has 2 aliphatic rings. The summed E-state index contributed by atoms with van der Waals surface area (Å²) in [5.74, 6) is 0.939. The van der Waals surface area contributed by atoms with Gasteiger partial charge in [-0.05, 0) is 55.0 Å². The van der Waals surface area contributed by atoms with Crippen molar-refractivity contribution in [1.82, 2.24) is 10.2 Å². The van der Waals surface area contributed by atoms with Crippen molar-refractivity contribution in [2.75, 3.05) is 19.6 Å². The first-order valence-electron chi connectivity index (χ1n) is 8.83. The van der Waals surface area contributed by atoms with E-state index >= 15 is 0 Å². The first-order chi connectivity index (χ1) is 11.3. The molecule has 3 heteroatoms. The molecule has 1 atom stereocenters. The molecule has 1 unspecified atom stereocenters. The van der Waals surface area contributed by atoms with Gasteiger partial charge in [-0.25, -0.2) is 0 Å².